The van der Waals surface area contributed by atoms with Gasteiger partial charge in [0.15, 0.2) is 0 Å². The first kappa shape index (κ1) is 15.9. The summed E-state index contributed by atoms with van der Waals surface area (Å²) in [7, 11) is 4.26. The highest BCUT2D eigenvalue weighted by Crippen LogP contribution is 2.28. The van der Waals surface area contributed by atoms with E-state index in [2.05, 4.69) is 30.8 Å². The zero-order valence-electron chi connectivity index (χ0n) is 12.5. The maximum absolute atomic E-state index is 6.00. The smallest absolute Gasteiger partial charge is 0.0546 e. The van der Waals surface area contributed by atoms with Gasteiger partial charge in [0.05, 0.1) is 6.61 Å². The number of ether oxygens (including phenoxy) is 1. The second-order valence-corrected chi connectivity index (χ2v) is 5.89. The van der Waals surface area contributed by atoms with Crippen molar-refractivity contribution >= 4 is 0 Å². The van der Waals surface area contributed by atoms with E-state index in [1.807, 2.05) is 0 Å². The molecule has 1 fully saturated rings. The second-order valence-electron chi connectivity index (χ2n) is 5.89. The largest absolute Gasteiger partial charge is 0.381 e. The number of rotatable bonds is 8. The molecule has 0 amide bonds. The van der Waals surface area contributed by atoms with Gasteiger partial charge in [-0.3, -0.25) is 0 Å². The van der Waals surface area contributed by atoms with Crippen molar-refractivity contribution in [3.05, 3.63) is 0 Å². The van der Waals surface area contributed by atoms with Crippen molar-refractivity contribution < 1.29 is 4.74 Å². The topological polar surface area (TPSA) is 41.7 Å². The molecule has 18 heavy (non-hydrogen) atoms. The molecule has 1 heterocycles. The first-order chi connectivity index (χ1) is 8.62. The van der Waals surface area contributed by atoms with Gasteiger partial charge in [0, 0.05) is 25.1 Å². The molecule has 1 unspecified atom stereocenters. The lowest BCUT2D eigenvalue weighted by Crippen LogP contribution is -2.48. The minimum absolute atomic E-state index is 0.201. The summed E-state index contributed by atoms with van der Waals surface area (Å²) in [5.41, 5.74) is 6.20. The third-order valence-corrected chi connectivity index (χ3v) is 3.92. The molecule has 0 saturated carbocycles. The quantitative estimate of drug-likeness (QED) is 0.705. The Balaban J connectivity index is 2.39. The Morgan fingerprint density at radius 2 is 2.06 bits per heavy atom. The molecule has 4 nitrogen and oxygen atoms in total. The lowest BCUT2D eigenvalue weighted by molar-refractivity contribution is -0.0214. The van der Waals surface area contributed by atoms with Gasteiger partial charge in [-0.2, -0.15) is 0 Å². The zero-order chi connectivity index (χ0) is 13.4. The van der Waals surface area contributed by atoms with Crippen LogP contribution in [0.5, 0.6) is 0 Å². The molecule has 1 saturated heterocycles. The van der Waals surface area contributed by atoms with Crippen LogP contribution >= 0.6 is 0 Å². The van der Waals surface area contributed by atoms with Crippen molar-refractivity contribution in [3.8, 4) is 0 Å². The highest BCUT2D eigenvalue weighted by Gasteiger charge is 2.33. The molecular weight excluding hydrogens is 226 g/mol. The van der Waals surface area contributed by atoms with Crippen molar-refractivity contribution in [2.24, 2.45) is 11.1 Å². The third kappa shape index (κ3) is 5.22. The molecule has 0 aromatic carbocycles. The molecular formula is C14H31N3O. The van der Waals surface area contributed by atoms with Crippen LogP contribution in [0.2, 0.25) is 0 Å². The van der Waals surface area contributed by atoms with Crippen molar-refractivity contribution in [2.45, 2.75) is 26.2 Å². The Bertz CT molecular complexity index is 215. The Labute approximate surface area is 112 Å². The van der Waals surface area contributed by atoms with Crippen molar-refractivity contribution in [1.29, 1.82) is 0 Å². The van der Waals surface area contributed by atoms with Crippen LogP contribution < -0.4 is 5.73 Å². The molecule has 108 valence electrons. The van der Waals surface area contributed by atoms with Crippen molar-refractivity contribution in [1.82, 2.24) is 9.80 Å². The highest BCUT2D eigenvalue weighted by atomic mass is 16.5. The molecule has 0 aromatic rings. The molecule has 1 rings (SSSR count). The molecule has 1 aliphatic heterocycles. The molecule has 1 atom stereocenters. The van der Waals surface area contributed by atoms with E-state index in [9.17, 15) is 0 Å². The van der Waals surface area contributed by atoms with E-state index in [1.54, 1.807) is 0 Å². The average molecular weight is 257 g/mol. The minimum Gasteiger partial charge on any atom is -0.381 e. The molecule has 0 spiro atoms. The van der Waals surface area contributed by atoms with E-state index in [4.69, 9.17) is 10.5 Å². The molecule has 1 aliphatic rings. The number of hydrogen-bond donors (Lipinski definition) is 1. The molecule has 0 aliphatic carbocycles. The number of hydrogen-bond acceptors (Lipinski definition) is 4. The Morgan fingerprint density at radius 3 is 2.56 bits per heavy atom. The van der Waals surface area contributed by atoms with Gasteiger partial charge < -0.3 is 20.3 Å². The lowest BCUT2D eigenvalue weighted by atomic mass is 9.82. The van der Waals surface area contributed by atoms with Crippen LogP contribution in [0, 0.1) is 5.41 Å². The molecule has 0 bridgehead atoms. The fraction of sp³-hybridized carbons (Fsp3) is 1.00. The summed E-state index contributed by atoms with van der Waals surface area (Å²) in [4.78, 5) is 4.78. The summed E-state index contributed by atoms with van der Waals surface area (Å²) in [6, 6.07) is 0. The lowest BCUT2D eigenvalue weighted by Gasteiger charge is -2.40. The van der Waals surface area contributed by atoms with Crippen molar-refractivity contribution in [3.63, 3.8) is 0 Å². The highest BCUT2D eigenvalue weighted by molar-refractivity contribution is 4.86. The Morgan fingerprint density at radius 1 is 1.28 bits per heavy atom. The Kier molecular flexibility index (Phi) is 7.15. The van der Waals surface area contributed by atoms with Crippen LogP contribution in [0.25, 0.3) is 0 Å². The maximum atomic E-state index is 6.00. The van der Waals surface area contributed by atoms with Crippen LogP contribution in [0.3, 0.4) is 0 Å². The summed E-state index contributed by atoms with van der Waals surface area (Å²) in [5.74, 6) is 0. The van der Waals surface area contributed by atoms with Crippen LogP contribution in [0.4, 0.5) is 0 Å². The van der Waals surface area contributed by atoms with Crippen LogP contribution in [0.1, 0.15) is 26.2 Å². The number of nitrogens with two attached hydrogens (primary N) is 1. The second kappa shape index (κ2) is 8.10. The van der Waals surface area contributed by atoms with Gasteiger partial charge in [-0.1, -0.05) is 6.92 Å². The van der Waals surface area contributed by atoms with Gasteiger partial charge in [-0.15, -0.1) is 0 Å². The molecule has 0 aromatic heterocycles. The van der Waals surface area contributed by atoms with Gasteiger partial charge in [0.2, 0.25) is 0 Å². The fourth-order valence-electron chi connectivity index (χ4n) is 2.69. The van der Waals surface area contributed by atoms with Gasteiger partial charge in [0.1, 0.15) is 0 Å². The standard InChI is InChI=1S/C14H31N3O/c1-4-17(9-6-8-16(2)3)12-14(11-15)7-5-10-18-13-14/h4-13,15H2,1-3H3. The van der Waals surface area contributed by atoms with E-state index >= 15 is 0 Å². The average Bonchev–Trinajstić information content (AvgIpc) is 2.38. The summed E-state index contributed by atoms with van der Waals surface area (Å²) in [6.45, 7) is 9.25. The molecule has 2 N–H and O–H groups in total. The predicted octanol–water partition coefficient (Wildman–Crippen LogP) is 1.02. The maximum Gasteiger partial charge on any atom is 0.0546 e. The van der Waals surface area contributed by atoms with E-state index in [0.29, 0.717) is 0 Å². The summed E-state index contributed by atoms with van der Waals surface area (Å²) in [6.07, 6.45) is 3.60. The monoisotopic (exact) mass is 257 g/mol. The van der Waals surface area contributed by atoms with Gasteiger partial charge in [-0.25, -0.2) is 0 Å². The van der Waals surface area contributed by atoms with E-state index in [1.165, 1.54) is 12.8 Å². The van der Waals surface area contributed by atoms with E-state index in [0.717, 1.165) is 52.4 Å². The molecule has 0 radical (unpaired) electrons. The van der Waals surface area contributed by atoms with Gasteiger partial charge in [-0.05, 0) is 53.0 Å². The fourth-order valence-corrected chi connectivity index (χ4v) is 2.69. The van der Waals surface area contributed by atoms with Crippen LogP contribution in [0.15, 0.2) is 0 Å². The minimum atomic E-state index is 0.201. The van der Waals surface area contributed by atoms with E-state index < -0.39 is 0 Å². The summed E-state index contributed by atoms with van der Waals surface area (Å²) in [5, 5.41) is 0. The SMILES string of the molecule is CCN(CCCN(C)C)CC1(CN)CCCOC1. The van der Waals surface area contributed by atoms with Gasteiger partial charge >= 0.3 is 0 Å². The normalized spacial score (nSPS) is 25.0. The summed E-state index contributed by atoms with van der Waals surface area (Å²) < 4.78 is 5.65. The summed E-state index contributed by atoms with van der Waals surface area (Å²) >= 11 is 0. The van der Waals surface area contributed by atoms with E-state index in [-0.39, 0.29) is 5.41 Å². The van der Waals surface area contributed by atoms with Crippen molar-refractivity contribution in [2.75, 3.05) is 60.0 Å². The first-order valence-corrected chi connectivity index (χ1v) is 7.27. The van der Waals surface area contributed by atoms with Crippen LogP contribution in [-0.2, 0) is 4.74 Å². The Hall–Kier alpha value is -0.160. The third-order valence-electron chi connectivity index (χ3n) is 3.92. The zero-order valence-corrected chi connectivity index (χ0v) is 12.5. The predicted molar refractivity (Wildman–Crippen MR) is 76.8 cm³/mol. The number of nitrogens with zero attached hydrogens (tertiary/aromatic N) is 2. The first-order valence-electron chi connectivity index (χ1n) is 7.27. The van der Waals surface area contributed by atoms with Crippen LogP contribution in [-0.4, -0.2) is 69.8 Å². The molecule has 4 heteroatoms. The van der Waals surface area contributed by atoms with Gasteiger partial charge in [0.25, 0.3) is 0 Å².